The molecule has 0 fully saturated rings. The second-order valence-corrected chi connectivity index (χ2v) is 8.58. The summed E-state index contributed by atoms with van der Waals surface area (Å²) in [5.41, 5.74) is 9.27. The maximum atomic E-state index is 12.6. The van der Waals surface area contributed by atoms with Crippen molar-refractivity contribution in [1.82, 2.24) is 14.8 Å². The van der Waals surface area contributed by atoms with Crippen molar-refractivity contribution in [2.24, 2.45) is 0 Å². The Morgan fingerprint density at radius 1 is 0.933 bits per heavy atom. The van der Waals surface area contributed by atoms with E-state index in [2.05, 4.69) is 38.3 Å². The monoisotopic (exact) mass is 478 g/mol. The van der Waals surface area contributed by atoms with Gasteiger partial charge in [-0.1, -0.05) is 70.2 Å². The van der Waals surface area contributed by atoms with E-state index in [0.29, 0.717) is 23.0 Å². The van der Waals surface area contributed by atoms with Gasteiger partial charge in [-0.25, -0.2) is 0 Å². The second kappa shape index (κ2) is 9.28. The van der Waals surface area contributed by atoms with E-state index in [9.17, 15) is 4.79 Å². The Bertz CT molecular complexity index is 1140. The zero-order valence-electron chi connectivity index (χ0n) is 16.0. The van der Waals surface area contributed by atoms with Crippen molar-refractivity contribution in [2.45, 2.75) is 11.7 Å². The van der Waals surface area contributed by atoms with Crippen molar-refractivity contribution < 1.29 is 4.79 Å². The molecule has 7 heteroatoms. The zero-order chi connectivity index (χ0) is 20.9. The molecule has 0 aliphatic rings. The van der Waals surface area contributed by atoms with E-state index in [-0.39, 0.29) is 11.5 Å². The van der Waals surface area contributed by atoms with Gasteiger partial charge in [0.1, 0.15) is 0 Å². The number of thioether (sulfide) groups is 1. The van der Waals surface area contributed by atoms with Crippen LogP contribution in [-0.2, 0) is 6.54 Å². The molecule has 0 bridgehead atoms. The summed E-state index contributed by atoms with van der Waals surface area (Å²) in [5.74, 6) is 1.09. The van der Waals surface area contributed by atoms with Crippen molar-refractivity contribution in [1.29, 1.82) is 0 Å². The first kappa shape index (κ1) is 20.4. The Hall–Kier alpha value is -2.90. The van der Waals surface area contributed by atoms with Gasteiger partial charge < -0.3 is 5.73 Å². The number of carbonyl (C=O) groups is 1. The molecule has 0 unspecified atom stereocenters. The predicted octanol–water partition coefficient (Wildman–Crippen LogP) is 5.31. The number of halogens is 1. The van der Waals surface area contributed by atoms with E-state index in [1.807, 2.05) is 71.3 Å². The highest BCUT2D eigenvalue weighted by Gasteiger charge is 2.17. The van der Waals surface area contributed by atoms with Gasteiger partial charge >= 0.3 is 0 Å². The highest BCUT2D eigenvalue weighted by atomic mass is 79.9. The van der Waals surface area contributed by atoms with Gasteiger partial charge in [0, 0.05) is 21.3 Å². The van der Waals surface area contributed by atoms with Crippen LogP contribution in [0.5, 0.6) is 0 Å². The predicted molar refractivity (Wildman–Crippen MR) is 125 cm³/mol. The molecule has 2 N–H and O–H groups in total. The minimum atomic E-state index is 0.0517. The first-order valence-corrected chi connectivity index (χ1v) is 11.1. The summed E-state index contributed by atoms with van der Waals surface area (Å²) >= 11 is 4.79. The smallest absolute Gasteiger partial charge is 0.192 e. The molecule has 0 amide bonds. The summed E-state index contributed by atoms with van der Waals surface area (Å²) in [6.07, 6.45) is 0. The lowest BCUT2D eigenvalue weighted by molar-refractivity contribution is 0.102. The average Bonchev–Trinajstić information content (AvgIpc) is 3.16. The minimum absolute atomic E-state index is 0.0517. The van der Waals surface area contributed by atoms with Gasteiger partial charge in [0.25, 0.3) is 0 Å². The van der Waals surface area contributed by atoms with Crippen LogP contribution in [-0.4, -0.2) is 26.3 Å². The molecule has 3 aromatic carbocycles. The van der Waals surface area contributed by atoms with Crippen LogP contribution < -0.4 is 5.73 Å². The molecule has 0 aliphatic heterocycles. The summed E-state index contributed by atoms with van der Waals surface area (Å²) in [6.45, 7) is 0.613. The third-order valence-electron chi connectivity index (χ3n) is 4.57. The highest BCUT2D eigenvalue weighted by molar-refractivity contribution is 9.10. The van der Waals surface area contributed by atoms with E-state index in [0.717, 1.165) is 21.4 Å². The van der Waals surface area contributed by atoms with Crippen molar-refractivity contribution >= 4 is 39.2 Å². The summed E-state index contributed by atoms with van der Waals surface area (Å²) in [7, 11) is 0. The van der Waals surface area contributed by atoms with E-state index >= 15 is 0 Å². The van der Waals surface area contributed by atoms with Gasteiger partial charge in [0.05, 0.1) is 12.3 Å². The maximum absolute atomic E-state index is 12.6. The van der Waals surface area contributed by atoms with Crippen molar-refractivity contribution in [3.8, 4) is 11.4 Å². The van der Waals surface area contributed by atoms with Gasteiger partial charge in [-0.3, -0.25) is 9.36 Å². The molecule has 0 aliphatic carbocycles. The molecule has 4 rings (SSSR count). The molecule has 0 atom stereocenters. The van der Waals surface area contributed by atoms with Crippen LogP contribution in [0.2, 0.25) is 0 Å². The number of anilines is 1. The average molecular weight is 479 g/mol. The topological polar surface area (TPSA) is 73.8 Å². The number of aromatic nitrogens is 3. The lowest BCUT2D eigenvalue weighted by Gasteiger charge is -2.11. The number of hydrogen-bond donors (Lipinski definition) is 1. The summed E-state index contributed by atoms with van der Waals surface area (Å²) < 4.78 is 2.99. The Labute approximate surface area is 187 Å². The molecule has 1 aromatic heterocycles. The third kappa shape index (κ3) is 4.80. The fourth-order valence-electron chi connectivity index (χ4n) is 3.00. The Morgan fingerprint density at radius 3 is 2.33 bits per heavy atom. The number of nitrogen functional groups attached to an aromatic ring is 1. The Morgan fingerprint density at radius 2 is 1.63 bits per heavy atom. The van der Waals surface area contributed by atoms with E-state index in [4.69, 9.17) is 5.73 Å². The highest BCUT2D eigenvalue weighted by Crippen LogP contribution is 2.26. The summed E-state index contributed by atoms with van der Waals surface area (Å²) in [4.78, 5) is 12.6. The lowest BCUT2D eigenvalue weighted by Crippen LogP contribution is -2.07. The molecule has 150 valence electrons. The van der Waals surface area contributed by atoms with Crippen LogP contribution in [0.4, 0.5) is 5.69 Å². The largest absolute Gasteiger partial charge is 0.399 e. The molecular formula is C23H19BrN4OS. The number of Topliss-reactive ketones (excluding diaryl/α,β-unsaturated/α-hetero) is 1. The van der Waals surface area contributed by atoms with E-state index < -0.39 is 0 Å². The number of nitrogens with two attached hydrogens (primary N) is 1. The zero-order valence-corrected chi connectivity index (χ0v) is 18.4. The number of rotatable bonds is 7. The van der Waals surface area contributed by atoms with Crippen LogP contribution in [0.1, 0.15) is 15.9 Å². The summed E-state index contributed by atoms with van der Waals surface area (Å²) in [5, 5.41) is 9.49. The maximum Gasteiger partial charge on any atom is 0.192 e. The van der Waals surface area contributed by atoms with Gasteiger partial charge in [-0.05, 0) is 42.0 Å². The third-order valence-corrected chi connectivity index (χ3v) is 6.06. The van der Waals surface area contributed by atoms with Crippen LogP contribution in [0, 0.1) is 0 Å². The molecular weight excluding hydrogens is 460 g/mol. The molecule has 4 aromatic rings. The standard InChI is InChI=1S/C23H19BrN4OS/c24-19-10-6-17(7-11-19)21(29)15-30-23-27-26-22(18-8-12-20(25)13-9-18)28(23)14-16-4-2-1-3-5-16/h1-13H,14-15,25H2. The van der Waals surface area contributed by atoms with E-state index in [1.165, 1.54) is 11.8 Å². The molecule has 1 heterocycles. The van der Waals surface area contributed by atoms with Crippen LogP contribution in [0.3, 0.4) is 0 Å². The Balaban J connectivity index is 1.61. The number of ketones is 1. The fraction of sp³-hybridized carbons (Fsp3) is 0.0870. The van der Waals surface area contributed by atoms with Crippen LogP contribution in [0.25, 0.3) is 11.4 Å². The van der Waals surface area contributed by atoms with Crippen LogP contribution in [0.15, 0.2) is 88.5 Å². The molecule has 5 nitrogen and oxygen atoms in total. The molecule has 30 heavy (non-hydrogen) atoms. The lowest BCUT2D eigenvalue weighted by atomic mass is 10.2. The number of carbonyl (C=O) groups excluding carboxylic acids is 1. The normalized spacial score (nSPS) is 10.8. The second-order valence-electron chi connectivity index (χ2n) is 6.72. The SMILES string of the molecule is Nc1ccc(-c2nnc(SCC(=O)c3ccc(Br)cc3)n2Cc2ccccc2)cc1. The fourth-order valence-corrected chi connectivity index (χ4v) is 4.10. The number of hydrogen-bond acceptors (Lipinski definition) is 5. The molecule has 0 saturated carbocycles. The minimum Gasteiger partial charge on any atom is -0.399 e. The van der Waals surface area contributed by atoms with Crippen molar-refractivity contribution in [3.63, 3.8) is 0 Å². The Kier molecular flexibility index (Phi) is 6.30. The first-order valence-electron chi connectivity index (χ1n) is 9.35. The van der Waals surface area contributed by atoms with Crippen LogP contribution >= 0.6 is 27.7 Å². The van der Waals surface area contributed by atoms with Gasteiger partial charge in [0.2, 0.25) is 0 Å². The molecule has 0 radical (unpaired) electrons. The van der Waals surface area contributed by atoms with Crippen molar-refractivity contribution in [2.75, 3.05) is 11.5 Å². The molecule has 0 spiro atoms. The number of nitrogens with zero attached hydrogens (tertiary/aromatic N) is 3. The van der Waals surface area contributed by atoms with Crippen molar-refractivity contribution in [3.05, 3.63) is 94.5 Å². The van der Waals surface area contributed by atoms with Gasteiger partial charge in [-0.2, -0.15) is 0 Å². The summed E-state index contributed by atoms with van der Waals surface area (Å²) in [6, 6.07) is 25.1. The first-order chi connectivity index (χ1) is 14.6. The number of benzene rings is 3. The van der Waals surface area contributed by atoms with E-state index in [1.54, 1.807) is 0 Å². The van der Waals surface area contributed by atoms with Gasteiger partial charge in [0.15, 0.2) is 16.8 Å². The quantitative estimate of drug-likeness (QED) is 0.221. The van der Waals surface area contributed by atoms with Gasteiger partial charge in [-0.15, -0.1) is 10.2 Å². The molecule has 0 saturated heterocycles.